The van der Waals surface area contributed by atoms with Gasteiger partial charge in [0.2, 0.25) is 0 Å². The number of hydrogen-bond acceptors (Lipinski definition) is 2. The van der Waals surface area contributed by atoms with Crippen molar-refractivity contribution in [2.24, 2.45) is 0 Å². The Balaban J connectivity index is 3.06. The summed E-state index contributed by atoms with van der Waals surface area (Å²) in [7, 11) is -5.70. The molecule has 2 aromatic carbocycles. The van der Waals surface area contributed by atoms with Crippen LogP contribution in [0.25, 0.3) is 10.8 Å². The molecule has 24 heavy (non-hydrogen) atoms. The number of aryl methyl sites for hydroxylation is 2. The Kier molecular flexibility index (Phi) is 5.17. The van der Waals surface area contributed by atoms with Crippen molar-refractivity contribution in [3.63, 3.8) is 0 Å². The summed E-state index contributed by atoms with van der Waals surface area (Å²) in [6.07, 6.45) is 0.524. The molecule has 2 aromatic rings. The number of fused-ring (bicyclic) bond motifs is 1. The van der Waals surface area contributed by atoms with E-state index in [0.29, 0.717) is 28.3 Å². The molecular formula is C16H15BrF2NO3P. The van der Waals surface area contributed by atoms with Gasteiger partial charge in [-0.05, 0) is 62.8 Å². The van der Waals surface area contributed by atoms with E-state index in [9.17, 15) is 13.3 Å². The monoisotopic (exact) mass is 417 g/mol. The van der Waals surface area contributed by atoms with E-state index in [0.717, 1.165) is 0 Å². The lowest BCUT2D eigenvalue weighted by Crippen LogP contribution is -2.18. The van der Waals surface area contributed by atoms with E-state index in [4.69, 9.17) is 15.0 Å². The summed E-state index contributed by atoms with van der Waals surface area (Å²) in [5.74, 6) is 0. The van der Waals surface area contributed by atoms with Gasteiger partial charge < -0.3 is 9.79 Å². The third-order valence-corrected chi connectivity index (χ3v) is 5.79. The first-order valence-corrected chi connectivity index (χ1v) is 9.61. The number of alkyl halides is 2. The fraction of sp³-hybridized carbons (Fsp3) is 0.312. The second-order valence-corrected chi connectivity index (χ2v) is 7.75. The molecule has 0 unspecified atom stereocenters. The molecule has 0 bridgehead atoms. The van der Waals surface area contributed by atoms with Crippen molar-refractivity contribution in [1.82, 2.24) is 0 Å². The molecule has 128 valence electrons. The van der Waals surface area contributed by atoms with Crippen LogP contribution < -0.4 is 0 Å². The van der Waals surface area contributed by atoms with Crippen LogP contribution in [0, 0.1) is 11.3 Å². The van der Waals surface area contributed by atoms with Gasteiger partial charge in [0.25, 0.3) is 0 Å². The Morgan fingerprint density at radius 1 is 1.21 bits per heavy atom. The third-order valence-electron chi connectivity index (χ3n) is 3.96. The van der Waals surface area contributed by atoms with E-state index < -0.39 is 18.8 Å². The molecule has 0 fully saturated rings. The van der Waals surface area contributed by atoms with Crippen molar-refractivity contribution in [3.05, 3.63) is 44.9 Å². The number of halogens is 3. The maximum atomic E-state index is 14.5. The zero-order valence-electron chi connectivity index (χ0n) is 13.0. The van der Waals surface area contributed by atoms with E-state index in [1.807, 2.05) is 6.07 Å². The minimum atomic E-state index is -5.70. The smallest absolute Gasteiger partial charge is 0.320 e. The Hall–Kier alpha value is -1.32. The summed E-state index contributed by atoms with van der Waals surface area (Å²) in [5.41, 5.74) is -3.94. The summed E-state index contributed by atoms with van der Waals surface area (Å²) >= 11 is 3.12. The molecular weight excluding hydrogens is 403 g/mol. The molecule has 0 heterocycles. The highest BCUT2D eigenvalue weighted by molar-refractivity contribution is 9.10. The maximum absolute atomic E-state index is 14.5. The van der Waals surface area contributed by atoms with Crippen LogP contribution in [-0.2, 0) is 23.1 Å². The van der Waals surface area contributed by atoms with Crippen molar-refractivity contribution in [2.45, 2.75) is 32.4 Å². The molecule has 0 aliphatic rings. The first-order valence-electron chi connectivity index (χ1n) is 7.21. The first kappa shape index (κ1) is 19.0. The van der Waals surface area contributed by atoms with Gasteiger partial charge in [-0.1, -0.05) is 19.9 Å². The molecule has 0 radical (unpaired) electrons. The summed E-state index contributed by atoms with van der Waals surface area (Å²) in [4.78, 5) is 18.3. The molecule has 4 nitrogen and oxygen atoms in total. The summed E-state index contributed by atoms with van der Waals surface area (Å²) in [6, 6.07) is 6.68. The van der Waals surface area contributed by atoms with Crippen molar-refractivity contribution in [1.29, 1.82) is 5.26 Å². The van der Waals surface area contributed by atoms with Crippen molar-refractivity contribution >= 4 is 34.3 Å². The van der Waals surface area contributed by atoms with Gasteiger partial charge in [-0.15, -0.1) is 0 Å². The summed E-state index contributed by atoms with van der Waals surface area (Å²) in [5, 5.41) is 10.2. The highest BCUT2D eigenvalue weighted by Gasteiger charge is 2.53. The van der Waals surface area contributed by atoms with Crippen LogP contribution in [0.15, 0.2) is 22.7 Å². The van der Waals surface area contributed by atoms with Gasteiger partial charge in [0, 0.05) is 4.47 Å². The molecule has 0 saturated carbocycles. The van der Waals surface area contributed by atoms with Gasteiger partial charge in [-0.3, -0.25) is 4.57 Å². The van der Waals surface area contributed by atoms with Crippen LogP contribution in [0.3, 0.4) is 0 Å². The van der Waals surface area contributed by atoms with Crippen molar-refractivity contribution in [2.75, 3.05) is 0 Å². The Morgan fingerprint density at radius 3 is 2.25 bits per heavy atom. The van der Waals surface area contributed by atoms with Gasteiger partial charge in [0.15, 0.2) is 0 Å². The summed E-state index contributed by atoms with van der Waals surface area (Å²) in [6.45, 7) is 3.40. The molecule has 0 aliphatic heterocycles. The number of rotatable bonds is 4. The molecule has 0 aromatic heterocycles. The van der Waals surface area contributed by atoms with Crippen molar-refractivity contribution in [3.8, 4) is 6.07 Å². The predicted molar refractivity (Wildman–Crippen MR) is 91.1 cm³/mol. The van der Waals surface area contributed by atoms with Crippen LogP contribution in [0.1, 0.15) is 36.1 Å². The Bertz CT molecular complexity index is 903. The lowest BCUT2D eigenvalue weighted by atomic mass is 9.91. The molecule has 0 aliphatic carbocycles. The zero-order valence-corrected chi connectivity index (χ0v) is 15.5. The molecule has 0 saturated heterocycles. The molecule has 0 spiro atoms. The molecule has 2 rings (SSSR count). The van der Waals surface area contributed by atoms with E-state index in [2.05, 4.69) is 15.9 Å². The number of hydrogen-bond donors (Lipinski definition) is 2. The van der Waals surface area contributed by atoms with E-state index in [1.165, 1.54) is 6.07 Å². The number of nitriles is 1. The second kappa shape index (κ2) is 6.53. The largest absolute Gasteiger partial charge is 0.399 e. The Labute approximate surface area is 146 Å². The van der Waals surface area contributed by atoms with Gasteiger partial charge in [-0.2, -0.15) is 14.0 Å². The molecule has 0 atom stereocenters. The first-order chi connectivity index (χ1) is 11.1. The minimum absolute atomic E-state index is 0.0160. The molecule has 8 heteroatoms. The standard InChI is InChI=1S/C16H15BrF2NO3P/c1-3-10-12-6-5-9(8-20)7-13(12)11(4-2)15(17)14(10)16(18,19)24(21,22)23/h5-7H,3-4H2,1-2H3,(H2,21,22,23). The van der Waals surface area contributed by atoms with Crippen LogP contribution >= 0.6 is 23.5 Å². The van der Waals surface area contributed by atoms with Gasteiger partial charge >= 0.3 is 13.3 Å². The number of benzene rings is 2. The molecule has 0 amide bonds. The van der Waals surface area contributed by atoms with Crippen LogP contribution in [0.4, 0.5) is 8.78 Å². The van der Waals surface area contributed by atoms with Gasteiger partial charge in [0.05, 0.1) is 17.2 Å². The maximum Gasteiger partial charge on any atom is 0.399 e. The quantitative estimate of drug-likeness (QED) is 0.698. The second-order valence-electron chi connectivity index (χ2n) is 5.31. The number of nitrogens with zero attached hydrogens (tertiary/aromatic N) is 1. The SMILES string of the molecule is CCc1c(Br)c(C(F)(F)P(=O)(O)O)c(CC)c2ccc(C#N)cc12. The van der Waals surface area contributed by atoms with E-state index in [1.54, 1.807) is 26.0 Å². The van der Waals surface area contributed by atoms with Gasteiger partial charge in [0.1, 0.15) is 0 Å². The third kappa shape index (κ3) is 2.89. The average Bonchev–Trinajstić information content (AvgIpc) is 2.51. The van der Waals surface area contributed by atoms with Crippen LogP contribution in [0.5, 0.6) is 0 Å². The van der Waals surface area contributed by atoms with Crippen LogP contribution in [-0.4, -0.2) is 9.79 Å². The fourth-order valence-corrected chi connectivity index (χ4v) is 4.51. The van der Waals surface area contributed by atoms with E-state index in [-0.39, 0.29) is 16.5 Å². The molecule has 2 N–H and O–H groups in total. The average molecular weight is 418 g/mol. The lowest BCUT2D eigenvalue weighted by molar-refractivity contribution is 0.0549. The summed E-state index contributed by atoms with van der Waals surface area (Å²) < 4.78 is 40.4. The predicted octanol–water partition coefficient (Wildman–Crippen LogP) is 4.83. The normalized spacial score (nSPS) is 12.4. The topological polar surface area (TPSA) is 81.3 Å². The van der Waals surface area contributed by atoms with Crippen LogP contribution in [0.2, 0.25) is 0 Å². The minimum Gasteiger partial charge on any atom is -0.320 e. The fourth-order valence-electron chi connectivity index (χ4n) is 2.83. The highest BCUT2D eigenvalue weighted by Crippen LogP contribution is 2.62. The Morgan fingerprint density at radius 2 is 1.79 bits per heavy atom. The zero-order chi connectivity index (χ0) is 18.3. The highest BCUT2D eigenvalue weighted by atomic mass is 79.9. The van der Waals surface area contributed by atoms with Crippen molar-refractivity contribution < 1.29 is 23.1 Å². The van der Waals surface area contributed by atoms with Gasteiger partial charge in [-0.25, -0.2) is 0 Å². The lowest BCUT2D eigenvalue weighted by Gasteiger charge is -2.25. The van der Waals surface area contributed by atoms with E-state index >= 15 is 0 Å².